The summed E-state index contributed by atoms with van der Waals surface area (Å²) in [5.74, 6) is -0.443. The van der Waals surface area contributed by atoms with Crippen LogP contribution in [0.2, 0.25) is 5.02 Å². The number of rotatable bonds is 2. The Bertz CT molecular complexity index is 527. The summed E-state index contributed by atoms with van der Waals surface area (Å²) in [6.45, 7) is 0. The van der Waals surface area contributed by atoms with Gasteiger partial charge in [-0.15, -0.1) is 0 Å². The third-order valence-electron chi connectivity index (χ3n) is 2.44. The SMILES string of the molecule is OC(c1ccc(Cl)cc1)c1ccc(Br)cc1F. The molecule has 0 amide bonds. The van der Waals surface area contributed by atoms with Crippen molar-refractivity contribution in [3.8, 4) is 0 Å². The zero-order valence-corrected chi connectivity index (χ0v) is 11.0. The highest BCUT2D eigenvalue weighted by Crippen LogP contribution is 2.27. The topological polar surface area (TPSA) is 20.2 Å². The van der Waals surface area contributed by atoms with Crippen LogP contribution in [0.4, 0.5) is 4.39 Å². The van der Waals surface area contributed by atoms with E-state index in [1.54, 1.807) is 36.4 Å². The Morgan fingerprint density at radius 3 is 2.35 bits per heavy atom. The first-order valence-electron chi connectivity index (χ1n) is 4.96. The molecule has 88 valence electrons. The van der Waals surface area contributed by atoms with Gasteiger partial charge >= 0.3 is 0 Å². The molecule has 2 aromatic carbocycles. The number of hydrogen-bond acceptors (Lipinski definition) is 1. The van der Waals surface area contributed by atoms with Crippen molar-refractivity contribution in [1.82, 2.24) is 0 Å². The van der Waals surface area contributed by atoms with Gasteiger partial charge in [-0.25, -0.2) is 4.39 Å². The molecule has 0 radical (unpaired) electrons. The van der Waals surface area contributed by atoms with E-state index in [1.807, 2.05) is 0 Å². The zero-order chi connectivity index (χ0) is 12.4. The second-order valence-corrected chi connectivity index (χ2v) is 4.97. The van der Waals surface area contributed by atoms with Gasteiger partial charge in [-0.3, -0.25) is 0 Å². The summed E-state index contributed by atoms with van der Waals surface area (Å²) >= 11 is 8.92. The van der Waals surface area contributed by atoms with Crippen molar-refractivity contribution in [2.75, 3.05) is 0 Å². The van der Waals surface area contributed by atoms with Gasteiger partial charge < -0.3 is 5.11 Å². The van der Waals surface area contributed by atoms with Crippen LogP contribution >= 0.6 is 27.5 Å². The van der Waals surface area contributed by atoms with Gasteiger partial charge in [0.1, 0.15) is 11.9 Å². The largest absolute Gasteiger partial charge is 0.384 e. The number of aliphatic hydroxyl groups is 1. The molecule has 4 heteroatoms. The van der Waals surface area contributed by atoms with Crippen LogP contribution in [-0.4, -0.2) is 5.11 Å². The molecule has 0 aliphatic rings. The number of hydrogen-bond donors (Lipinski definition) is 1. The molecule has 0 heterocycles. The fraction of sp³-hybridized carbons (Fsp3) is 0.0769. The molecular formula is C13H9BrClFO. The lowest BCUT2D eigenvalue weighted by Crippen LogP contribution is -2.02. The first-order chi connectivity index (χ1) is 8.08. The van der Waals surface area contributed by atoms with Gasteiger partial charge in [-0.2, -0.15) is 0 Å². The highest BCUT2D eigenvalue weighted by atomic mass is 79.9. The fourth-order valence-electron chi connectivity index (χ4n) is 1.55. The van der Waals surface area contributed by atoms with E-state index in [-0.39, 0.29) is 5.56 Å². The molecule has 1 atom stereocenters. The average molecular weight is 316 g/mol. The van der Waals surface area contributed by atoms with Crippen molar-refractivity contribution in [3.63, 3.8) is 0 Å². The maximum absolute atomic E-state index is 13.6. The van der Waals surface area contributed by atoms with Gasteiger partial charge in [0.15, 0.2) is 0 Å². The monoisotopic (exact) mass is 314 g/mol. The second-order valence-electron chi connectivity index (χ2n) is 3.62. The molecule has 0 bridgehead atoms. The Morgan fingerprint density at radius 1 is 1.12 bits per heavy atom. The summed E-state index contributed by atoms with van der Waals surface area (Å²) in [5, 5.41) is 10.6. The lowest BCUT2D eigenvalue weighted by atomic mass is 10.0. The standard InChI is InChI=1S/C13H9BrClFO/c14-9-3-6-11(12(16)7-9)13(17)8-1-4-10(15)5-2-8/h1-7,13,17H. The minimum Gasteiger partial charge on any atom is -0.384 e. The molecule has 0 saturated carbocycles. The van der Waals surface area contributed by atoms with Crippen LogP contribution in [0.15, 0.2) is 46.9 Å². The Balaban J connectivity index is 2.36. The van der Waals surface area contributed by atoms with E-state index >= 15 is 0 Å². The van der Waals surface area contributed by atoms with Crippen LogP contribution in [0, 0.1) is 5.82 Å². The van der Waals surface area contributed by atoms with E-state index in [2.05, 4.69) is 15.9 Å². The lowest BCUT2D eigenvalue weighted by molar-refractivity contribution is 0.215. The number of benzene rings is 2. The van der Waals surface area contributed by atoms with Crippen LogP contribution in [0.3, 0.4) is 0 Å². The van der Waals surface area contributed by atoms with Crippen LogP contribution in [0.5, 0.6) is 0 Å². The van der Waals surface area contributed by atoms with E-state index in [4.69, 9.17) is 11.6 Å². The lowest BCUT2D eigenvalue weighted by Gasteiger charge is -2.12. The molecule has 1 N–H and O–H groups in total. The van der Waals surface area contributed by atoms with Gasteiger partial charge in [0.25, 0.3) is 0 Å². The Labute approximate surface area is 112 Å². The van der Waals surface area contributed by atoms with Crippen molar-refractivity contribution in [1.29, 1.82) is 0 Å². The van der Waals surface area contributed by atoms with Crippen LogP contribution < -0.4 is 0 Å². The van der Waals surface area contributed by atoms with E-state index in [1.165, 1.54) is 6.07 Å². The van der Waals surface area contributed by atoms with Gasteiger partial charge in [0, 0.05) is 15.1 Å². The van der Waals surface area contributed by atoms with Crippen molar-refractivity contribution in [2.45, 2.75) is 6.10 Å². The van der Waals surface area contributed by atoms with Gasteiger partial charge in [-0.1, -0.05) is 45.7 Å². The smallest absolute Gasteiger partial charge is 0.130 e. The van der Waals surface area contributed by atoms with E-state index in [0.717, 1.165) is 0 Å². The fourth-order valence-corrected chi connectivity index (χ4v) is 2.01. The van der Waals surface area contributed by atoms with Gasteiger partial charge in [0.2, 0.25) is 0 Å². The normalized spacial score (nSPS) is 12.5. The molecule has 2 rings (SSSR count). The van der Waals surface area contributed by atoms with Crippen molar-refractivity contribution < 1.29 is 9.50 Å². The summed E-state index contributed by atoms with van der Waals surface area (Å²) in [6, 6.07) is 11.3. The maximum atomic E-state index is 13.6. The Morgan fingerprint density at radius 2 is 1.76 bits per heavy atom. The number of aliphatic hydroxyl groups excluding tert-OH is 1. The molecule has 2 aromatic rings. The van der Waals surface area contributed by atoms with Gasteiger partial charge in [-0.05, 0) is 29.8 Å². The maximum Gasteiger partial charge on any atom is 0.130 e. The van der Waals surface area contributed by atoms with Crippen LogP contribution in [-0.2, 0) is 0 Å². The van der Waals surface area contributed by atoms with Crippen molar-refractivity contribution in [3.05, 3.63) is 68.9 Å². The van der Waals surface area contributed by atoms with Gasteiger partial charge in [0.05, 0.1) is 0 Å². The van der Waals surface area contributed by atoms with E-state index in [9.17, 15) is 9.50 Å². The first kappa shape index (κ1) is 12.6. The third-order valence-corrected chi connectivity index (χ3v) is 3.19. The zero-order valence-electron chi connectivity index (χ0n) is 8.70. The third kappa shape index (κ3) is 2.86. The number of halogens is 3. The molecule has 0 aliphatic carbocycles. The minimum atomic E-state index is -0.986. The van der Waals surface area contributed by atoms with Crippen molar-refractivity contribution >= 4 is 27.5 Å². The summed E-state index contributed by atoms with van der Waals surface area (Å²) < 4.78 is 14.3. The van der Waals surface area contributed by atoms with Crippen molar-refractivity contribution in [2.24, 2.45) is 0 Å². The summed E-state index contributed by atoms with van der Waals surface area (Å²) in [6.07, 6.45) is -0.986. The molecule has 17 heavy (non-hydrogen) atoms. The molecule has 0 saturated heterocycles. The summed E-state index contributed by atoms with van der Waals surface area (Å²) in [4.78, 5) is 0. The predicted octanol–water partition coefficient (Wildman–Crippen LogP) is 4.32. The van der Waals surface area contributed by atoms with Crippen LogP contribution in [0.25, 0.3) is 0 Å². The molecule has 1 unspecified atom stereocenters. The minimum absolute atomic E-state index is 0.246. The molecule has 0 spiro atoms. The molecule has 0 aromatic heterocycles. The van der Waals surface area contributed by atoms with Crippen LogP contribution in [0.1, 0.15) is 17.2 Å². The summed E-state index contributed by atoms with van der Waals surface area (Å²) in [5.41, 5.74) is 0.853. The highest BCUT2D eigenvalue weighted by molar-refractivity contribution is 9.10. The quantitative estimate of drug-likeness (QED) is 0.875. The summed E-state index contributed by atoms with van der Waals surface area (Å²) in [7, 11) is 0. The molecular weight excluding hydrogens is 306 g/mol. The molecule has 1 nitrogen and oxygen atoms in total. The highest BCUT2D eigenvalue weighted by Gasteiger charge is 2.14. The Kier molecular flexibility index (Phi) is 3.82. The molecule has 0 fully saturated rings. The predicted molar refractivity (Wildman–Crippen MR) is 69.6 cm³/mol. The Hall–Kier alpha value is -0.900. The van der Waals surface area contributed by atoms with E-state index < -0.39 is 11.9 Å². The molecule has 0 aliphatic heterocycles. The average Bonchev–Trinajstić information content (AvgIpc) is 2.29. The first-order valence-corrected chi connectivity index (χ1v) is 6.13. The van der Waals surface area contributed by atoms with E-state index in [0.29, 0.717) is 15.1 Å². The second kappa shape index (κ2) is 5.17.